The minimum Gasteiger partial charge on any atom is -0.489 e. The van der Waals surface area contributed by atoms with Gasteiger partial charge in [-0.3, -0.25) is 0 Å². The van der Waals surface area contributed by atoms with Crippen LogP contribution >= 0.6 is 0 Å². The van der Waals surface area contributed by atoms with Gasteiger partial charge < -0.3 is 14.2 Å². The van der Waals surface area contributed by atoms with Crippen LogP contribution in [0.5, 0.6) is 0 Å². The van der Waals surface area contributed by atoms with Crippen molar-refractivity contribution in [2.24, 2.45) is 0 Å². The maximum absolute atomic E-state index is 5.71. The molecule has 0 spiro atoms. The Labute approximate surface area is 113 Å². The fraction of sp³-hybridized carbons (Fsp3) is 0.312. The summed E-state index contributed by atoms with van der Waals surface area (Å²) in [6, 6.07) is 8.17. The van der Waals surface area contributed by atoms with Crippen molar-refractivity contribution < 1.29 is 14.2 Å². The number of ether oxygens (including phenoxy) is 3. The third kappa shape index (κ3) is 3.25. The first-order chi connectivity index (χ1) is 9.42. The van der Waals surface area contributed by atoms with Gasteiger partial charge in [0.05, 0.1) is 13.2 Å². The van der Waals surface area contributed by atoms with Gasteiger partial charge in [0.2, 0.25) is 0 Å². The van der Waals surface area contributed by atoms with Gasteiger partial charge in [0, 0.05) is 5.56 Å². The van der Waals surface area contributed by atoms with E-state index in [1.165, 1.54) is 0 Å². The molecule has 19 heavy (non-hydrogen) atoms. The SMILES string of the molecule is [CH]1C=C(OCc2ccc(C3OCCO3)cc2)C=CC1. The Morgan fingerprint density at radius 1 is 1.11 bits per heavy atom. The van der Waals surface area contributed by atoms with Crippen molar-refractivity contribution in [3.05, 3.63) is 65.8 Å². The lowest BCUT2D eigenvalue weighted by Crippen LogP contribution is -1.99. The summed E-state index contributed by atoms with van der Waals surface area (Å²) < 4.78 is 16.6. The minimum atomic E-state index is -0.200. The van der Waals surface area contributed by atoms with Crippen molar-refractivity contribution >= 4 is 0 Å². The van der Waals surface area contributed by atoms with Crippen LogP contribution in [0.1, 0.15) is 23.8 Å². The van der Waals surface area contributed by atoms with Crippen molar-refractivity contribution in [1.29, 1.82) is 0 Å². The van der Waals surface area contributed by atoms with Gasteiger partial charge in [0.1, 0.15) is 12.4 Å². The maximum Gasteiger partial charge on any atom is 0.184 e. The molecule has 0 amide bonds. The number of allylic oxidation sites excluding steroid dienone is 3. The van der Waals surface area contributed by atoms with E-state index < -0.39 is 0 Å². The summed E-state index contributed by atoms with van der Waals surface area (Å²) in [4.78, 5) is 0. The van der Waals surface area contributed by atoms with E-state index in [2.05, 4.69) is 24.6 Å². The molecule has 1 aliphatic heterocycles. The quantitative estimate of drug-likeness (QED) is 0.828. The van der Waals surface area contributed by atoms with Gasteiger partial charge in [-0.05, 0) is 30.6 Å². The predicted molar refractivity (Wildman–Crippen MR) is 72.0 cm³/mol. The first kappa shape index (κ1) is 12.5. The van der Waals surface area contributed by atoms with Gasteiger partial charge in [-0.1, -0.05) is 30.3 Å². The standard InChI is InChI=1S/C16H17O3/c1-2-4-15(5-3-1)19-12-13-6-8-14(9-7-13)16-17-10-11-18-16/h2-9,16H,1,10-12H2. The first-order valence-electron chi connectivity index (χ1n) is 6.57. The Kier molecular flexibility index (Phi) is 3.96. The molecule has 1 saturated heterocycles. The van der Waals surface area contributed by atoms with E-state index in [9.17, 15) is 0 Å². The fourth-order valence-electron chi connectivity index (χ4n) is 2.09. The number of hydrogen-bond acceptors (Lipinski definition) is 3. The van der Waals surface area contributed by atoms with E-state index in [0.717, 1.165) is 23.3 Å². The van der Waals surface area contributed by atoms with Gasteiger partial charge >= 0.3 is 0 Å². The Morgan fingerprint density at radius 2 is 1.89 bits per heavy atom. The lowest BCUT2D eigenvalue weighted by molar-refractivity contribution is -0.0441. The Morgan fingerprint density at radius 3 is 2.58 bits per heavy atom. The van der Waals surface area contributed by atoms with E-state index in [1.807, 2.05) is 24.3 Å². The van der Waals surface area contributed by atoms with Crippen molar-refractivity contribution in [1.82, 2.24) is 0 Å². The monoisotopic (exact) mass is 257 g/mol. The Hall–Kier alpha value is -1.58. The third-order valence-corrected chi connectivity index (χ3v) is 3.12. The molecule has 3 rings (SSSR count). The molecule has 1 heterocycles. The van der Waals surface area contributed by atoms with E-state index in [-0.39, 0.29) is 6.29 Å². The second-order valence-electron chi connectivity index (χ2n) is 4.55. The van der Waals surface area contributed by atoms with E-state index in [1.54, 1.807) is 0 Å². The van der Waals surface area contributed by atoms with Crippen LogP contribution in [0.2, 0.25) is 0 Å². The highest BCUT2D eigenvalue weighted by Crippen LogP contribution is 2.23. The van der Waals surface area contributed by atoms with Crippen LogP contribution < -0.4 is 0 Å². The molecule has 1 radical (unpaired) electrons. The lowest BCUT2D eigenvalue weighted by atomic mass is 10.1. The summed E-state index contributed by atoms with van der Waals surface area (Å²) in [5.74, 6) is 0.915. The highest BCUT2D eigenvalue weighted by atomic mass is 16.7. The molecule has 3 nitrogen and oxygen atoms in total. The normalized spacial score (nSPS) is 19.5. The molecule has 0 bridgehead atoms. The fourth-order valence-corrected chi connectivity index (χ4v) is 2.09. The first-order valence-corrected chi connectivity index (χ1v) is 6.57. The van der Waals surface area contributed by atoms with Crippen LogP contribution in [0.15, 0.2) is 48.3 Å². The van der Waals surface area contributed by atoms with Crippen LogP contribution in [0.25, 0.3) is 0 Å². The molecule has 0 unspecified atom stereocenters. The van der Waals surface area contributed by atoms with Crippen LogP contribution in [0.4, 0.5) is 0 Å². The average molecular weight is 257 g/mol. The highest BCUT2D eigenvalue weighted by molar-refractivity contribution is 5.25. The summed E-state index contributed by atoms with van der Waals surface area (Å²) in [6.07, 6.45) is 8.99. The molecule has 99 valence electrons. The van der Waals surface area contributed by atoms with Crippen LogP contribution in [-0.2, 0) is 20.8 Å². The molecule has 1 aliphatic carbocycles. The van der Waals surface area contributed by atoms with Gasteiger partial charge in [-0.15, -0.1) is 0 Å². The number of rotatable bonds is 4. The van der Waals surface area contributed by atoms with Crippen molar-refractivity contribution in [2.75, 3.05) is 13.2 Å². The van der Waals surface area contributed by atoms with Crippen molar-refractivity contribution in [2.45, 2.75) is 19.3 Å². The van der Waals surface area contributed by atoms with E-state index in [4.69, 9.17) is 14.2 Å². The Balaban J connectivity index is 1.56. The minimum absolute atomic E-state index is 0.200. The average Bonchev–Trinajstić information content (AvgIpc) is 3.01. The zero-order valence-electron chi connectivity index (χ0n) is 10.7. The molecule has 0 N–H and O–H groups in total. The highest BCUT2D eigenvalue weighted by Gasteiger charge is 2.17. The molecule has 0 saturated carbocycles. The zero-order valence-corrected chi connectivity index (χ0v) is 10.7. The summed E-state index contributed by atoms with van der Waals surface area (Å²) >= 11 is 0. The van der Waals surface area contributed by atoms with E-state index >= 15 is 0 Å². The van der Waals surface area contributed by atoms with E-state index in [0.29, 0.717) is 19.8 Å². The Bertz CT molecular complexity index is 467. The molecule has 3 heteroatoms. The summed E-state index contributed by atoms with van der Waals surface area (Å²) in [5, 5.41) is 0. The van der Waals surface area contributed by atoms with Gasteiger partial charge in [0.15, 0.2) is 6.29 Å². The molecule has 0 aromatic heterocycles. The maximum atomic E-state index is 5.71. The molecular formula is C16H17O3. The van der Waals surface area contributed by atoms with Gasteiger partial charge in [-0.2, -0.15) is 0 Å². The lowest BCUT2D eigenvalue weighted by Gasteiger charge is -2.12. The second-order valence-corrected chi connectivity index (χ2v) is 4.55. The van der Waals surface area contributed by atoms with Crippen LogP contribution in [-0.4, -0.2) is 13.2 Å². The topological polar surface area (TPSA) is 27.7 Å². The summed E-state index contributed by atoms with van der Waals surface area (Å²) in [6.45, 7) is 1.93. The van der Waals surface area contributed by atoms with Gasteiger partial charge in [-0.25, -0.2) is 0 Å². The van der Waals surface area contributed by atoms with Crippen molar-refractivity contribution in [3.8, 4) is 0 Å². The van der Waals surface area contributed by atoms with Crippen LogP contribution in [0, 0.1) is 6.42 Å². The molecular weight excluding hydrogens is 240 g/mol. The molecule has 1 fully saturated rings. The van der Waals surface area contributed by atoms with Gasteiger partial charge in [0.25, 0.3) is 0 Å². The molecule has 1 aromatic carbocycles. The molecule has 1 aromatic rings. The predicted octanol–water partition coefficient (Wildman–Crippen LogP) is 3.30. The summed E-state index contributed by atoms with van der Waals surface area (Å²) in [5.41, 5.74) is 2.20. The zero-order chi connectivity index (χ0) is 12.9. The number of benzene rings is 1. The summed E-state index contributed by atoms with van der Waals surface area (Å²) in [7, 11) is 0. The van der Waals surface area contributed by atoms with Crippen LogP contribution in [0.3, 0.4) is 0 Å². The number of hydrogen-bond donors (Lipinski definition) is 0. The second kappa shape index (κ2) is 6.04. The molecule has 0 atom stereocenters. The molecule has 2 aliphatic rings. The largest absolute Gasteiger partial charge is 0.489 e. The third-order valence-electron chi connectivity index (χ3n) is 3.12. The smallest absolute Gasteiger partial charge is 0.184 e. The van der Waals surface area contributed by atoms with Crippen molar-refractivity contribution in [3.63, 3.8) is 0 Å².